The summed E-state index contributed by atoms with van der Waals surface area (Å²) in [4.78, 5) is 48.8. The molecule has 1 aromatic rings. The number of aliphatic carboxylic acids is 1. The van der Waals surface area contributed by atoms with Crippen LogP contribution < -0.4 is 5.32 Å². The van der Waals surface area contributed by atoms with Crippen molar-refractivity contribution in [2.75, 3.05) is 13.1 Å². The number of hydrazine groups is 1. The summed E-state index contributed by atoms with van der Waals surface area (Å²) in [7, 11) is 0. The molecule has 0 radical (unpaired) electrons. The first-order chi connectivity index (χ1) is 16.5. The quantitative estimate of drug-likeness (QED) is 0.319. The number of aryl methyl sites for hydroxylation is 1. The lowest BCUT2D eigenvalue weighted by Crippen LogP contribution is -2.62. The lowest BCUT2D eigenvalue weighted by atomic mass is 10.0. The van der Waals surface area contributed by atoms with Gasteiger partial charge in [-0.1, -0.05) is 12.1 Å². The van der Waals surface area contributed by atoms with E-state index in [9.17, 15) is 29.6 Å². The van der Waals surface area contributed by atoms with E-state index < -0.39 is 40.6 Å². The molecule has 0 unspecified atom stereocenters. The van der Waals surface area contributed by atoms with Gasteiger partial charge in [-0.15, -0.1) is 0 Å². The number of carboxylic acid groups (broad SMARTS) is 1. The Morgan fingerprint density at radius 2 is 1.83 bits per heavy atom. The fraction of sp³-hybridized carbons (Fsp3) is 0.625. The minimum absolute atomic E-state index is 0.0151. The molecule has 0 aromatic heterocycles. The number of non-ortho nitro benzene ring substituents is 1. The summed E-state index contributed by atoms with van der Waals surface area (Å²) in [5.41, 5.74) is 0.0700. The summed E-state index contributed by atoms with van der Waals surface area (Å²) in [5.74, 6) is -1.88. The number of hydrogen-bond acceptors (Lipinski definition) is 8. The summed E-state index contributed by atoms with van der Waals surface area (Å²) in [6, 6.07) is 3.66. The Hall–Kier alpha value is -3.05. The van der Waals surface area contributed by atoms with Crippen LogP contribution in [0.3, 0.4) is 0 Å². The number of nitro benzene ring substituents is 1. The Morgan fingerprint density at radius 1 is 1.20 bits per heavy atom. The SMILES string of the molecule is CC(C)(C)OC(=O)[C@@H](CCc1ccc([N+](=O)[O-])cc1)N[C@H]1CCCN2CCC[C@@H](C(=O)O)N2C1=O. The molecule has 192 valence electrons. The van der Waals surface area contributed by atoms with E-state index in [0.717, 1.165) is 5.56 Å². The molecule has 1 aromatic carbocycles. The van der Waals surface area contributed by atoms with Gasteiger partial charge < -0.3 is 9.84 Å². The number of rotatable bonds is 8. The number of carbonyl (C=O) groups is 3. The predicted molar refractivity (Wildman–Crippen MR) is 126 cm³/mol. The van der Waals surface area contributed by atoms with E-state index >= 15 is 0 Å². The largest absolute Gasteiger partial charge is 0.480 e. The van der Waals surface area contributed by atoms with Gasteiger partial charge in [0, 0.05) is 25.2 Å². The van der Waals surface area contributed by atoms with Gasteiger partial charge in [0.15, 0.2) is 0 Å². The third-order valence-electron chi connectivity index (χ3n) is 6.17. The summed E-state index contributed by atoms with van der Waals surface area (Å²) < 4.78 is 5.59. The summed E-state index contributed by atoms with van der Waals surface area (Å²) >= 11 is 0. The van der Waals surface area contributed by atoms with Crippen molar-refractivity contribution >= 4 is 23.5 Å². The first-order valence-corrected chi connectivity index (χ1v) is 12.0. The third-order valence-corrected chi connectivity index (χ3v) is 6.17. The van der Waals surface area contributed by atoms with Gasteiger partial charge in [-0.3, -0.25) is 30.0 Å². The van der Waals surface area contributed by atoms with E-state index in [2.05, 4.69) is 5.32 Å². The van der Waals surface area contributed by atoms with Crippen molar-refractivity contribution in [2.24, 2.45) is 0 Å². The molecule has 11 nitrogen and oxygen atoms in total. The number of nitrogens with one attached hydrogen (secondary N) is 1. The zero-order chi connectivity index (χ0) is 25.8. The zero-order valence-electron chi connectivity index (χ0n) is 20.4. The van der Waals surface area contributed by atoms with Crippen molar-refractivity contribution in [3.05, 3.63) is 39.9 Å². The van der Waals surface area contributed by atoms with Crippen molar-refractivity contribution in [1.29, 1.82) is 0 Å². The number of carboxylic acids is 1. The lowest BCUT2D eigenvalue weighted by Gasteiger charge is -2.42. The van der Waals surface area contributed by atoms with Crippen LogP contribution in [0, 0.1) is 10.1 Å². The second-order valence-electron chi connectivity index (χ2n) is 10.0. The molecule has 2 fully saturated rings. The van der Waals surface area contributed by atoms with Gasteiger partial charge in [0.2, 0.25) is 0 Å². The predicted octanol–water partition coefficient (Wildman–Crippen LogP) is 2.28. The van der Waals surface area contributed by atoms with Crippen LogP contribution in [0.2, 0.25) is 0 Å². The Labute approximate surface area is 204 Å². The molecule has 2 saturated heterocycles. The van der Waals surface area contributed by atoms with E-state index in [1.54, 1.807) is 32.9 Å². The minimum atomic E-state index is -1.04. The van der Waals surface area contributed by atoms with E-state index in [4.69, 9.17) is 4.74 Å². The number of nitrogens with zero attached hydrogens (tertiary/aromatic N) is 3. The van der Waals surface area contributed by atoms with Crippen molar-refractivity contribution in [1.82, 2.24) is 15.3 Å². The Balaban J connectivity index is 1.77. The monoisotopic (exact) mass is 490 g/mol. The Bertz CT molecular complexity index is 944. The first kappa shape index (κ1) is 26.6. The second-order valence-corrected chi connectivity index (χ2v) is 10.0. The van der Waals surface area contributed by atoms with E-state index in [1.165, 1.54) is 17.1 Å². The Morgan fingerprint density at radius 3 is 2.40 bits per heavy atom. The normalized spacial score (nSPS) is 22.1. The van der Waals surface area contributed by atoms with Crippen LogP contribution in [-0.4, -0.2) is 74.7 Å². The summed E-state index contributed by atoms with van der Waals surface area (Å²) in [5, 5.41) is 26.9. The van der Waals surface area contributed by atoms with Crippen LogP contribution in [-0.2, 0) is 25.5 Å². The maximum absolute atomic E-state index is 13.5. The van der Waals surface area contributed by atoms with Gasteiger partial charge in [0.25, 0.3) is 11.6 Å². The highest BCUT2D eigenvalue weighted by Crippen LogP contribution is 2.25. The third kappa shape index (κ3) is 6.98. The number of fused-ring (bicyclic) bond motifs is 1. The molecule has 0 spiro atoms. The molecule has 35 heavy (non-hydrogen) atoms. The molecule has 1 amide bonds. The van der Waals surface area contributed by atoms with Crippen molar-refractivity contribution in [2.45, 2.75) is 83.0 Å². The van der Waals surface area contributed by atoms with Crippen molar-refractivity contribution < 1.29 is 29.2 Å². The molecule has 2 aliphatic rings. The molecule has 0 bridgehead atoms. The van der Waals surface area contributed by atoms with Gasteiger partial charge in [0.05, 0.1) is 11.0 Å². The van der Waals surface area contributed by atoms with Gasteiger partial charge >= 0.3 is 11.9 Å². The molecule has 2 N–H and O–H groups in total. The maximum atomic E-state index is 13.5. The second kappa shape index (κ2) is 11.1. The average Bonchev–Trinajstić information content (AvgIpc) is 2.94. The van der Waals surface area contributed by atoms with E-state index in [0.29, 0.717) is 51.6 Å². The number of hydrogen-bond donors (Lipinski definition) is 2. The fourth-order valence-corrected chi connectivity index (χ4v) is 4.53. The van der Waals surface area contributed by atoms with Crippen LogP contribution in [0.25, 0.3) is 0 Å². The van der Waals surface area contributed by atoms with Crippen LogP contribution in [0.4, 0.5) is 5.69 Å². The molecule has 0 saturated carbocycles. The number of esters is 1. The number of carbonyl (C=O) groups excluding carboxylic acids is 2. The summed E-state index contributed by atoms with van der Waals surface area (Å²) in [6.45, 7) is 6.49. The zero-order valence-corrected chi connectivity index (χ0v) is 20.4. The van der Waals surface area contributed by atoms with Crippen LogP contribution in [0.5, 0.6) is 0 Å². The van der Waals surface area contributed by atoms with Gasteiger partial charge in [-0.05, 0) is 64.9 Å². The highest BCUT2D eigenvalue weighted by Gasteiger charge is 2.42. The number of nitro groups is 1. The molecule has 3 atom stereocenters. The van der Waals surface area contributed by atoms with Gasteiger partial charge in [-0.2, -0.15) is 0 Å². The molecular formula is C24H34N4O7. The standard InChI is InChI=1S/C24H34N4O7/c1-24(2,3)35-23(32)19(13-10-16-8-11-17(12-9-16)28(33)34)25-18-6-4-14-26-15-5-7-20(22(30)31)27(26)21(18)29/h8-9,11-12,18-20,25H,4-7,10,13-15H2,1-3H3,(H,30,31)/t18-,19+,20-/m0/s1. The topological polar surface area (TPSA) is 142 Å². The molecule has 3 rings (SSSR count). The van der Waals surface area contributed by atoms with Gasteiger partial charge in [0.1, 0.15) is 17.7 Å². The van der Waals surface area contributed by atoms with E-state index in [1.807, 2.05) is 5.01 Å². The summed E-state index contributed by atoms with van der Waals surface area (Å²) in [6.07, 6.45) is 2.98. The van der Waals surface area contributed by atoms with E-state index in [-0.39, 0.29) is 11.6 Å². The smallest absolute Gasteiger partial charge is 0.328 e. The maximum Gasteiger partial charge on any atom is 0.328 e. The van der Waals surface area contributed by atoms with Crippen LogP contribution in [0.15, 0.2) is 24.3 Å². The highest BCUT2D eigenvalue weighted by atomic mass is 16.6. The molecule has 0 aliphatic carbocycles. The van der Waals surface area contributed by atoms with Crippen molar-refractivity contribution in [3.8, 4) is 0 Å². The number of benzene rings is 1. The first-order valence-electron chi connectivity index (χ1n) is 12.0. The average molecular weight is 491 g/mol. The molecule has 2 aliphatic heterocycles. The minimum Gasteiger partial charge on any atom is -0.480 e. The Kier molecular flexibility index (Phi) is 8.44. The fourth-order valence-electron chi connectivity index (χ4n) is 4.53. The number of amides is 1. The lowest BCUT2D eigenvalue weighted by molar-refractivity contribution is -0.384. The molecule has 2 heterocycles. The van der Waals surface area contributed by atoms with Crippen LogP contribution >= 0.6 is 0 Å². The van der Waals surface area contributed by atoms with Gasteiger partial charge in [-0.25, -0.2) is 9.80 Å². The number of ether oxygens (including phenoxy) is 1. The molecular weight excluding hydrogens is 456 g/mol. The highest BCUT2D eigenvalue weighted by molar-refractivity contribution is 5.87. The van der Waals surface area contributed by atoms with Crippen molar-refractivity contribution in [3.63, 3.8) is 0 Å². The van der Waals surface area contributed by atoms with Crippen LogP contribution in [0.1, 0.15) is 58.4 Å². The molecule has 11 heteroatoms.